The molecule has 1 aromatic rings. The summed E-state index contributed by atoms with van der Waals surface area (Å²) in [5, 5.41) is 0. The number of amides is 1. The number of nitrogens with two attached hydrogens (primary N) is 1. The van der Waals surface area contributed by atoms with Gasteiger partial charge in [-0.25, -0.2) is 0 Å². The highest BCUT2D eigenvalue weighted by atomic mass is 79.9. The van der Waals surface area contributed by atoms with Crippen LogP contribution in [0.3, 0.4) is 0 Å². The summed E-state index contributed by atoms with van der Waals surface area (Å²) in [5.74, 6) is 0.0923. The van der Waals surface area contributed by atoms with Crippen LogP contribution >= 0.6 is 15.9 Å². The van der Waals surface area contributed by atoms with Gasteiger partial charge in [0.2, 0.25) is 0 Å². The van der Waals surface area contributed by atoms with Crippen LogP contribution in [0, 0.1) is 0 Å². The summed E-state index contributed by atoms with van der Waals surface area (Å²) >= 11 is 3.35. The molecule has 1 saturated carbocycles. The number of anilines is 1. The molecule has 0 bridgehead atoms. The molecule has 5 heteroatoms. The molecule has 0 radical (unpaired) electrons. The van der Waals surface area contributed by atoms with Gasteiger partial charge in [-0.15, -0.1) is 0 Å². The second-order valence-electron chi connectivity index (χ2n) is 5.30. The van der Waals surface area contributed by atoms with E-state index in [1.165, 1.54) is 12.8 Å². The van der Waals surface area contributed by atoms with Crippen molar-refractivity contribution in [2.75, 3.05) is 31.9 Å². The van der Waals surface area contributed by atoms with Gasteiger partial charge in [-0.3, -0.25) is 9.69 Å². The lowest BCUT2D eigenvalue weighted by molar-refractivity contribution is 0.0627. The van der Waals surface area contributed by atoms with Gasteiger partial charge >= 0.3 is 0 Å². The molecular formula is C14H18BrN3O. The number of hydrogen-bond donors (Lipinski definition) is 1. The second kappa shape index (κ2) is 5.13. The maximum atomic E-state index is 12.4. The van der Waals surface area contributed by atoms with Crippen LogP contribution in [-0.4, -0.2) is 47.9 Å². The number of piperazine rings is 1. The summed E-state index contributed by atoms with van der Waals surface area (Å²) in [7, 11) is 0. The molecule has 1 heterocycles. The number of nitrogens with zero attached hydrogens (tertiary/aromatic N) is 2. The predicted molar refractivity (Wildman–Crippen MR) is 79.1 cm³/mol. The van der Waals surface area contributed by atoms with E-state index in [1.807, 2.05) is 17.0 Å². The second-order valence-corrected chi connectivity index (χ2v) is 6.15. The third kappa shape index (κ3) is 2.77. The average Bonchev–Trinajstić information content (AvgIpc) is 3.26. The fourth-order valence-electron chi connectivity index (χ4n) is 2.59. The zero-order valence-corrected chi connectivity index (χ0v) is 12.4. The molecule has 1 saturated heterocycles. The Morgan fingerprint density at radius 2 is 1.89 bits per heavy atom. The molecule has 3 rings (SSSR count). The van der Waals surface area contributed by atoms with Gasteiger partial charge in [0.05, 0.1) is 0 Å². The van der Waals surface area contributed by atoms with Crippen molar-refractivity contribution in [3.05, 3.63) is 28.2 Å². The zero-order chi connectivity index (χ0) is 13.4. The Balaban J connectivity index is 1.65. The van der Waals surface area contributed by atoms with Crippen LogP contribution in [0.15, 0.2) is 22.7 Å². The van der Waals surface area contributed by atoms with Gasteiger partial charge in [-0.05, 0) is 47.0 Å². The molecule has 2 aliphatic rings. The molecule has 1 aromatic carbocycles. The minimum Gasteiger partial charge on any atom is -0.398 e. The highest BCUT2D eigenvalue weighted by Gasteiger charge is 2.32. The van der Waals surface area contributed by atoms with Crippen LogP contribution in [0.2, 0.25) is 0 Å². The monoisotopic (exact) mass is 323 g/mol. The van der Waals surface area contributed by atoms with Gasteiger partial charge in [-0.2, -0.15) is 0 Å². The number of carbonyl (C=O) groups excluding carboxylic acids is 1. The molecule has 102 valence electrons. The zero-order valence-electron chi connectivity index (χ0n) is 10.8. The number of benzene rings is 1. The quantitative estimate of drug-likeness (QED) is 0.846. The van der Waals surface area contributed by atoms with Crippen molar-refractivity contribution in [3.63, 3.8) is 0 Å². The third-order valence-corrected chi connectivity index (χ3v) is 4.63. The van der Waals surface area contributed by atoms with E-state index in [0.29, 0.717) is 11.3 Å². The van der Waals surface area contributed by atoms with Gasteiger partial charge in [0.1, 0.15) is 0 Å². The molecule has 0 spiro atoms. The molecule has 1 aliphatic heterocycles. The fourth-order valence-corrected chi connectivity index (χ4v) is 2.84. The van der Waals surface area contributed by atoms with Crippen LogP contribution in [0.1, 0.15) is 23.2 Å². The standard InChI is InChI=1S/C14H18BrN3O/c15-12-4-1-10(9-13(12)16)14(19)18-7-5-17(6-8-18)11-2-3-11/h1,4,9,11H,2-3,5-8,16H2. The van der Waals surface area contributed by atoms with Crippen molar-refractivity contribution in [2.24, 2.45) is 0 Å². The van der Waals surface area contributed by atoms with Gasteiger partial charge in [-0.1, -0.05) is 0 Å². The van der Waals surface area contributed by atoms with Gasteiger partial charge in [0, 0.05) is 47.9 Å². The van der Waals surface area contributed by atoms with Crippen molar-refractivity contribution >= 4 is 27.5 Å². The first-order valence-electron chi connectivity index (χ1n) is 6.73. The van der Waals surface area contributed by atoms with Crippen LogP contribution in [0.4, 0.5) is 5.69 Å². The maximum Gasteiger partial charge on any atom is 0.254 e. The molecule has 4 nitrogen and oxygen atoms in total. The lowest BCUT2D eigenvalue weighted by atomic mass is 10.1. The molecule has 1 amide bonds. The largest absolute Gasteiger partial charge is 0.398 e. The highest BCUT2D eigenvalue weighted by Crippen LogP contribution is 2.28. The van der Waals surface area contributed by atoms with E-state index in [9.17, 15) is 4.79 Å². The first kappa shape index (κ1) is 12.9. The van der Waals surface area contributed by atoms with E-state index in [-0.39, 0.29) is 5.91 Å². The summed E-state index contributed by atoms with van der Waals surface area (Å²) in [6.45, 7) is 3.65. The molecule has 0 aromatic heterocycles. The van der Waals surface area contributed by atoms with Crippen LogP contribution in [0.25, 0.3) is 0 Å². The molecular weight excluding hydrogens is 306 g/mol. The topological polar surface area (TPSA) is 49.6 Å². The van der Waals surface area contributed by atoms with E-state index in [0.717, 1.165) is 36.7 Å². The Bertz CT molecular complexity index is 493. The first-order valence-corrected chi connectivity index (χ1v) is 7.53. The van der Waals surface area contributed by atoms with E-state index in [1.54, 1.807) is 6.07 Å². The summed E-state index contributed by atoms with van der Waals surface area (Å²) in [6.07, 6.45) is 2.66. The third-order valence-electron chi connectivity index (χ3n) is 3.91. The number of rotatable bonds is 2. The first-order chi connectivity index (χ1) is 9.15. The van der Waals surface area contributed by atoms with Crippen molar-refractivity contribution in [3.8, 4) is 0 Å². The van der Waals surface area contributed by atoms with Crippen molar-refractivity contribution in [1.29, 1.82) is 0 Å². The number of carbonyl (C=O) groups is 1. The van der Waals surface area contributed by atoms with Crippen molar-refractivity contribution in [1.82, 2.24) is 9.80 Å². The smallest absolute Gasteiger partial charge is 0.254 e. The Morgan fingerprint density at radius 1 is 1.21 bits per heavy atom. The van der Waals surface area contributed by atoms with Gasteiger partial charge in [0.25, 0.3) is 5.91 Å². The lowest BCUT2D eigenvalue weighted by Crippen LogP contribution is -2.49. The van der Waals surface area contributed by atoms with Gasteiger partial charge in [0.15, 0.2) is 0 Å². The Morgan fingerprint density at radius 3 is 2.47 bits per heavy atom. The summed E-state index contributed by atoms with van der Waals surface area (Å²) in [6, 6.07) is 6.21. The molecule has 0 atom stereocenters. The van der Waals surface area contributed by atoms with E-state index in [4.69, 9.17) is 5.73 Å². The average molecular weight is 324 g/mol. The van der Waals surface area contributed by atoms with Crippen molar-refractivity contribution in [2.45, 2.75) is 18.9 Å². The van der Waals surface area contributed by atoms with Crippen LogP contribution < -0.4 is 5.73 Å². The van der Waals surface area contributed by atoms with E-state index >= 15 is 0 Å². The number of hydrogen-bond acceptors (Lipinski definition) is 3. The predicted octanol–water partition coefficient (Wildman–Crippen LogP) is 1.95. The Hall–Kier alpha value is -1.07. The van der Waals surface area contributed by atoms with Gasteiger partial charge < -0.3 is 10.6 Å². The molecule has 2 fully saturated rings. The number of nitrogen functional groups attached to an aromatic ring is 1. The van der Waals surface area contributed by atoms with Crippen molar-refractivity contribution < 1.29 is 4.79 Å². The minimum absolute atomic E-state index is 0.0923. The van der Waals surface area contributed by atoms with Crippen LogP contribution in [-0.2, 0) is 0 Å². The maximum absolute atomic E-state index is 12.4. The Kier molecular flexibility index (Phi) is 3.50. The lowest BCUT2D eigenvalue weighted by Gasteiger charge is -2.34. The Labute approximate surface area is 121 Å². The number of halogens is 1. The minimum atomic E-state index is 0.0923. The fraction of sp³-hybridized carbons (Fsp3) is 0.500. The summed E-state index contributed by atoms with van der Waals surface area (Å²) in [4.78, 5) is 16.8. The molecule has 19 heavy (non-hydrogen) atoms. The molecule has 0 unspecified atom stereocenters. The van der Waals surface area contributed by atoms with E-state index < -0.39 is 0 Å². The molecule has 1 aliphatic carbocycles. The molecule has 2 N–H and O–H groups in total. The normalized spacial score (nSPS) is 20.6. The highest BCUT2D eigenvalue weighted by molar-refractivity contribution is 9.10. The SMILES string of the molecule is Nc1cc(C(=O)N2CCN(C3CC3)CC2)ccc1Br. The summed E-state index contributed by atoms with van der Waals surface area (Å²) < 4.78 is 0.836. The van der Waals surface area contributed by atoms with Crippen LogP contribution in [0.5, 0.6) is 0 Å². The van der Waals surface area contributed by atoms with E-state index in [2.05, 4.69) is 20.8 Å². The summed E-state index contributed by atoms with van der Waals surface area (Å²) in [5.41, 5.74) is 7.13.